The maximum absolute atomic E-state index is 12.6. The van der Waals surface area contributed by atoms with Crippen molar-refractivity contribution >= 4 is 40.2 Å². The van der Waals surface area contributed by atoms with E-state index >= 15 is 0 Å². The molecule has 8 heteroatoms. The largest absolute Gasteiger partial charge is 0.358 e. The Labute approximate surface area is 179 Å². The van der Waals surface area contributed by atoms with E-state index in [1.54, 1.807) is 24.3 Å². The fraction of sp³-hybridized carbons (Fsp3) is 0.261. The number of H-pyrrole nitrogens is 1. The van der Waals surface area contributed by atoms with Crippen molar-refractivity contribution in [1.29, 1.82) is 0 Å². The van der Waals surface area contributed by atoms with Gasteiger partial charge in [-0.3, -0.25) is 4.79 Å². The monoisotopic (exact) mass is 417 g/mol. The van der Waals surface area contributed by atoms with Crippen LogP contribution in [0.5, 0.6) is 0 Å². The molecular formula is C23H23N5O3. The number of nitrogens with one attached hydrogen (secondary N) is 4. The number of benzene rings is 2. The highest BCUT2D eigenvalue weighted by Crippen LogP contribution is 2.30. The molecule has 1 unspecified atom stereocenters. The van der Waals surface area contributed by atoms with Gasteiger partial charge in [0.15, 0.2) is 0 Å². The van der Waals surface area contributed by atoms with Gasteiger partial charge in [0.2, 0.25) is 0 Å². The summed E-state index contributed by atoms with van der Waals surface area (Å²) in [6.07, 6.45) is 2.51. The summed E-state index contributed by atoms with van der Waals surface area (Å²) in [4.78, 5) is 41.0. The number of amides is 5. The molecule has 3 aromatic rings. The van der Waals surface area contributed by atoms with Crippen LogP contribution in [-0.2, 0) is 17.6 Å². The Morgan fingerprint density at radius 1 is 1.16 bits per heavy atom. The molecule has 4 N–H and O–H groups in total. The first-order valence-electron chi connectivity index (χ1n) is 10.4. The normalized spacial score (nSPS) is 18.1. The van der Waals surface area contributed by atoms with Crippen LogP contribution in [0.15, 0.2) is 42.5 Å². The van der Waals surface area contributed by atoms with Gasteiger partial charge in [-0.15, -0.1) is 0 Å². The van der Waals surface area contributed by atoms with E-state index in [-0.39, 0.29) is 24.5 Å². The third-order valence-corrected chi connectivity index (χ3v) is 5.88. The van der Waals surface area contributed by atoms with Gasteiger partial charge in [-0.2, -0.15) is 0 Å². The Morgan fingerprint density at radius 2 is 2.03 bits per heavy atom. The van der Waals surface area contributed by atoms with E-state index in [0.29, 0.717) is 11.4 Å². The van der Waals surface area contributed by atoms with Crippen LogP contribution in [0.2, 0.25) is 0 Å². The summed E-state index contributed by atoms with van der Waals surface area (Å²) >= 11 is 0. The average Bonchev–Trinajstić information content (AvgIpc) is 3.27. The van der Waals surface area contributed by atoms with Crippen molar-refractivity contribution in [2.24, 2.45) is 0 Å². The van der Waals surface area contributed by atoms with Crippen molar-refractivity contribution < 1.29 is 14.4 Å². The van der Waals surface area contributed by atoms with E-state index in [4.69, 9.17) is 0 Å². The van der Waals surface area contributed by atoms with Crippen LogP contribution >= 0.6 is 0 Å². The van der Waals surface area contributed by atoms with Crippen LogP contribution in [0.3, 0.4) is 0 Å². The number of imide groups is 1. The summed E-state index contributed by atoms with van der Waals surface area (Å²) < 4.78 is 0. The summed E-state index contributed by atoms with van der Waals surface area (Å²) in [7, 11) is 0. The quantitative estimate of drug-likeness (QED) is 0.492. The highest BCUT2D eigenvalue weighted by molar-refractivity contribution is 6.20. The molecule has 5 amide bonds. The van der Waals surface area contributed by atoms with Crippen molar-refractivity contribution in [3.8, 4) is 0 Å². The zero-order chi connectivity index (χ0) is 21.5. The Hall–Kier alpha value is -3.81. The summed E-state index contributed by atoms with van der Waals surface area (Å²) in [6, 6.07) is 12.4. The highest BCUT2D eigenvalue weighted by atomic mass is 16.2. The third-order valence-electron chi connectivity index (χ3n) is 5.88. The lowest BCUT2D eigenvalue weighted by Gasteiger charge is -2.24. The number of aromatic nitrogens is 1. The minimum absolute atomic E-state index is 0.0198. The van der Waals surface area contributed by atoms with Crippen molar-refractivity contribution in [3.63, 3.8) is 0 Å². The van der Waals surface area contributed by atoms with Gasteiger partial charge in [0.25, 0.3) is 5.91 Å². The SMILES string of the molecule is Cc1ccc2[nH]c3c(c2c1)CC(NC(=O)Nc1cccc(N2C(=O)CNC2=O)c1)CC3. The number of nitrogens with zero attached hydrogens (tertiary/aromatic N) is 1. The third kappa shape index (κ3) is 3.61. The first-order valence-corrected chi connectivity index (χ1v) is 10.4. The molecule has 2 aliphatic rings. The van der Waals surface area contributed by atoms with Crippen LogP contribution in [0.25, 0.3) is 10.9 Å². The first kappa shape index (κ1) is 19.2. The molecule has 158 valence electrons. The zero-order valence-corrected chi connectivity index (χ0v) is 17.1. The topological polar surface area (TPSA) is 106 Å². The van der Waals surface area contributed by atoms with Gasteiger partial charge in [-0.1, -0.05) is 17.7 Å². The smallest absolute Gasteiger partial charge is 0.329 e. The van der Waals surface area contributed by atoms with Crippen LogP contribution < -0.4 is 20.9 Å². The standard InChI is InChI=1S/C23H23N5O3/c1-13-5-7-19-17(9-13)18-11-15(6-8-20(18)27-19)26-22(30)25-14-3-2-4-16(10-14)28-21(29)12-24-23(28)31/h2-5,7,9-10,15,27H,6,8,11-12H2,1H3,(H,24,31)(H2,25,26,30). The zero-order valence-electron chi connectivity index (χ0n) is 17.1. The van der Waals surface area contributed by atoms with Crippen molar-refractivity contribution in [1.82, 2.24) is 15.6 Å². The summed E-state index contributed by atoms with van der Waals surface area (Å²) in [5, 5.41) is 9.59. The number of urea groups is 2. The van der Waals surface area contributed by atoms with Gasteiger partial charge in [-0.05, 0) is 62.1 Å². The van der Waals surface area contributed by atoms with E-state index in [1.807, 2.05) is 0 Å². The Morgan fingerprint density at radius 3 is 2.84 bits per heavy atom. The molecule has 0 saturated carbocycles. The number of rotatable bonds is 3. The van der Waals surface area contributed by atoms with E-state index < -0.39 is 6.03 Å². The van der Waals surface area contributed by atoms with Gasteiger partial charge in [0, 0.05) is 28.3 Å². The molecule has 0 bridgehead atoms. The number of anilines is 2. The van der Waals surface area contributed by atoms with E-state index in [0.717, 1.165) is 29.7 Å². The van der Waals surface area contributed by atoms with Gasteiger partial charge in [-0.25, -0.2) is 14.5 Å². The van der Waals surface area contributed by atoms with Crippen molar-refractivity contribution in [3.05, 3.63) is 59.3 Å². The van der Waals surface area contributed by atoms with E-state index in [9.17, 15) is 14.4 Å². The summed E-state index contributed by atoms with van der Waals surface area (Å²) in [5.74, 6) is -0.321. The molecule has 1 aliphatic carbocycles. The number of fused-ring (bicyclic) bond motifs is 3. The fourth-order valence-corrected chi connectivity index (χ4v) is 4.41. The minimum Gasteiger partial charge on any atom is -0.358 e. The molecule has 1 aliphatic heterocycles. The highest BCUT2D eigenvalue weighted by Gasteiger charge is 2.30. The Bertz CT molecular complexity index is 1200. The van der Waals surface area contributed by atoms with E-state index in [1.165, 1.54) is 22.2 Å². The Kier molecular flexibility index (Phi) is 4.62. The molecule has 31 heavy (non-hydrogen) atoms. The predicted octanol–water partition coefficient (Wildman–Crippen LogP) is 3.21. The lowest BCUT2D eigenvalue weighted by Crippen LogP contribution is -2.41. The fourth-order valence-electron chi connectivity index (χ4n) is 4.41. The second kappa shape index (κ2) is 7.46. The van der Waals surface area contributed by atoms with Crippen molar-refractivity contribution in [2.45, 2.75) is 32.2 Å². The molecule has 2 aromatic carbocycles. The molecule has 5 rings (SSSR count). The number of hydrogen-bond donors (Lipinski definition) is 4. The Balaban J connectivity index is 1.27. The average molecular weight is 417 g/mol. The van der Waals surface area contributed by atoms with Gasteiger partial charge in [0.05, 0.1) is 12.2 Å². The summed E-state index contributed by atoms with van der Waals surface area (Å²) in [5.41, 5.74) is 5.82. The van der Waals surface area contributed by atoms with E-state index in [2.05, 4.69) is 46.1 Å². The number of carbonyl (C=O) groups excluding carboxylic acids is 3. The maximum Gasteiger partial charge on any atom is 0.329 e. The molecule has 1 saturated heterocycles. The van der Waals surface area contributed by atoms with Gasteiger partial charge in [0.1, 0.15) is 0 Å². The molecule has 2 heterocycles. The second-order valence-corrected chi connectivity index (χ2v) is 8.11. The van der Waals surface area contributed by atoms with Crippen molar-refractivity contribution in [2.75, 3.05) is 16.8 Å². The number of carbonyl (C=O) groups is 3. The lowest BCUT2D eigenvalue weighted by molar-refractivity contribution is -0.115. The second-order valence-electron chi connectivity index (χ2n) is 8.11. The van der Waals surface area contributed by atoms with Gasteiger partial charge < -0.3 is 20.9 Å². The molecule has 1 fully saturated rings. The predicted molar refractivity (Wildman–Crippen MR) is 118 cm³/mol. The molecular weight excluding hydrogens is 394 g/mol. The molecule has 1 atom stereocenters. The summed E-state index contributed by atoms with van der Waals surface area (Å²) in [6.45, 7) is 2.06. The number of aromatic amines is 1. The number of hydrogen-bond acceptors (Lipinski definition) is 3. The van der Waals surface area contributed by atoms with Crippen LogP contribution in [0, 0.1) is 6.92 Å². The number of aryl methyl sites for hydroxylation is 2. The van der Waals surface area contributed by atoms with Crippen LogP contribution in [-0.4, -0.2) is 35.5 Å². The molecule has 1 aromatic heterocycles. The minimum atomic E-state index is -0.460. The lowest BCUT2D eigenvalue weighted by atomic mass is 9.91. The van der Waals surface area contributed by atoms with Gasteiger partial charge >= 0.3 is 12.1 Å². The van der Waals surface area contributed by atoms with Crippen LogP contribution in [0.1, 0.15) is 23.2 Å². The molecule has 0 radical (unpaired) electrons. The maximum atomic E-state index is 12.6. The first-order chi connectivity index (χ1) is 15.0. The molecule has 8 nitrogen and oxygen atoms in total. The molecule has 0 spiro atoms. The van der Waals surface area contributed by atoms with Crippen LogP contribution in [0.4, 0.5) is 21.0 Å².